The fourth-order valence-electron chi connectivity index (χ4n) is 6.21. The van der Waals surface area contributed by atoms with Crippen molar-refractivity contribution < 1.29 is 28.7 Å². The number of aromatic nitrogens is 4. The molecule has 4 aromatic rings. The molecule has 2 aromatic carbocycles. The molecule has 2 aromatic heterocycles. The molecule has 0 saturated heterocycles. The summed E-state index contributed by atoms with van der Waals surface area (Å²) >= 11 is 0. The number of hydrogen-bond acceptors (Lipinski definition) is 8. The average molecular weight is 773 g/mol. The summed E-state index contributed by atoms with van der Waals surface area (Å²) in [6.45, 7) is 25.3. The van der Waals surface area contributed by atoms with E-state index in [2.05, 4.69) is 41.5 Å². The lowest BCUT2D eigenvalue weighted by Crippen LogP contribution is -2.45. The second-order valence-corrected chi connectivity index (χ2v) is 19.3. The van der Waals surface area contributed by atoms with Crippen LogP contribution in [-0.2, 0) is 22.7 Å². The minimum absolute atomic E-state index is 0.0528. The third-order valence-corrected chi connectivity index (χ3v) is 9.89. The summed E-state index contributed by atoms with van der Waals surface area (Å²) in [4.78, 5) is 59.3. The molecule has 0 aliphatic rings. The topological polar surface area (TPSA) is 129 Å². The molecule has 0 atom stereocenters. The van der Waals surface area contributed by atoms with Crippen molar-refractivity contribution in [3.05, 3.63) is 47.8 Å². The molecule has 0 aliphatic carbocycles. The molecule has 2 heterocycles. The second kappa shape index (κ2) is 16.8. The van der Waals surface area contributed by atoms with Gasteiger partial charge in [-0.2, -0.15) is 10.2 Å². The summed E-state index contributed by atoms with van der Waals surface area (Å²) in [5.74, 6) is 0.614. The first-order valence-corrected chi connectivity index (χ1v) is 19.6. The zero-order valence-electron chi connectivity index (χ0n) is 36.3. The maximum absolute atomic E-state index is 14.3. The van der Waals surface area contributed by atoms with Crippen LogP contribution in [0.4, 0.5) is 0 Å². The molecule has 306 valence electrons. The zero-order valence-corrected chi connectivity index (χ0v) is 36.3. The van der Waals surface area contributed by atoms with Gasteiger partial charge in [0.25, 0.3) is 0 Å². The minimum Gasteiger partial charge on any atom is -0.497 e. The number of amides is 2. The van der Waals surface area contributed by atoms with Crippen LogP contribution in [0.2, 0.25) is 0 Å². The van der Waals surface area contributed by atoms with E-state index in [-0.39, 0.29) is 47.3 Å². The number of ether oxygens (including phenoxy) is 2. The summed E-state index contributed by atoms with van der Waals surface area (Å²) in [5, 5.41) is 10.7. The van der Waals surface area contributed by atoms with Crippen LogP contribution in [0.3, 0.4) is 0 Å². The van der Waals surface area contributed by atoms with Crippen LogP contribution in [0.5, 0.6) is 11.5 Å². The standard InChI is InChI=1S/C44H64N6O6/c1-41(2,3)19-21-47(35(51)27-49-33-25-29(55-13)15-17-31(33)37(45-49)39(53)43(7,8)9)23-24-48(22-20-42(4,5)6)36(52)28-50-34-26-30(56-14)16-18-32(34)38(46-50)40(54)44(10,11)12/h15-18,25-26H,19-24,27-28H2,1-14H3. The molecule has 4 rings (SSSR count). The molecule has 12 heteroatoms. The van der Waals surface area contributed by atoms with Crippen molar-refractivity contribution in [2.45, 2.75) is 109 Å². The number of carbonyl (C=O) groups excluding carboxylic acids is 4. The van der Waals surface area contributed by atoms with E-state index in [1.165, 1.54) is 0 Å². The van der Waals surface area contributed by atoms with Crippen LogP contribution in [0, 0.1) is 21.7 Å². The van der Waals surface area contributed by atoms with Crippen LogP contribution in [0.25, 0.3) is 21.8 Å². The van der Waals surface area contributed by atoms with E-state index in [1.807, 2.05) is 53.7 Å². The van der Waals surface area contributed by atoms with E-state index < -0.39 is 10.8 Å². The normalized spacial score (nSPS) is 12.6. The van der Waals surface area contributed by atoms with Gasteiger partial charge in [-0.05, 0) is 47.9 Å². The highest BCUT2D eigenvalue weighted by atomic mass is 16.5. The van der Waals surface area contributed by atoms with E-state index >= 15 is 0 Å². The first kappa shape index (κ1) is 44.0. The molecule has 0 saturated carbocycles. The molecule has 0 fully saturated rings. The molecule has 0 spiro atoms. The highest BCUT2D eigenvalue weighted by Crippen LogP contribution is 2.31. The number of carbonyl (C=O) groups is 4. The summed E-state index contributed by atoms with van der Waals surface area (Å²) in [6, 6.07) is 10.8. The number of benzene rings is 2. The van der Waals surface area contributed by atoms with E-state index in [4.69, 9.17) is 19.7 Å². The highest BCUT2D eigenvalue weighted by molar-refractivity contribution is 6.09. The molecule has 2 amide bonds. The Morgan fingerprint density at radius 2 is 0.893 bits per heavy atom. The monoisotopic (exact) mass is 772 g/mol. The van der Waals surface area contributed by atoms with Crippen LogP contribution < -0.4 is 9.47 Å². The number of ketones is 2. The summed E-state index contributed by atoms with van der Waals surface area (Å²) in [5.41, 5.74) is 0.460. The Labute approximate surface area is 332 Å². The smallest absolute Gasteiger partial charge is 0.244 e. The molecular weight excluding hydrogens is 709 g/mol. The van der Waals surface area contributed by atoms with Gasteiger partial charge in [0.15, 0.2) is 11.6 Å². The van der Waals surface area contributed by atoms with Crippen molar-refractivity contribution in [3.63, 3.8) is 0 Å². The first-order chi connectivity index (χ1) is 25.8. The highest BCUT2D eigenvalue weighted by Gasteiger charge is 2.31. The largest absolute Gasteiger partial charge is 0.497 e. The maximum Gasteiger partial charge on any atom is 0.244 e. The Bertz CT molecular complexity index is 1920. The van der Waals surface area contributed by atoms with Gasteiger partial charge in [-0.1, -0.05) is 83.1 Å². The van der Waals surface area contributed by atoms with Crippen molar-refractivity contribution in [2.24, 2.45) is 21.7 Å². The fraction of sp³-hybridized carbons (Fsp3) is 0.591. The van der Waals surface area contributed by atoms with Crippen LogP contribution in [0.1, 0.15) is 117 Å². The molecule has 0 bridgehead atoms. The summed E-state index contributed by atoms with van der Waals surface area (Å²) < 4.78 is 14.2. The lowest BCUT2D eigenvalue weighted by Gasteiger charge is -2.31. The van der Waals surface area contributed by atoms with E-state index in [1.54, 1.807) is 57.6 Å². The number of rotatable bonds is 15. The molecule has 56 heavy (non-hydrogen) atoms. The van der Waals surface area contributed by atoms with Gasteiger partial charge in [0.1, 0.15) is 36.0 Å². The SMILES string of the molecule is COc1ccc2c(C(=O)C(C)(C)C)nn(CC(=O)N(CCN(CCC(C)(C)C)C(=O)Cn3nc(C(=O)C(C)(C)C)c4ccc(OC)cc43)CCC(C)(C)C)c2c1. The van der Waals surface area contributed by atoms with Gasteiger partial charge in [0.2, 0.25) is 11.8 Å². The third kappa shape index (κ3) is 11.0. The van der Waals surface area contributed by atoms with Crippen molar-refractivity contribution in [1.82, 2.24) is 29.4 Å². The van der Waals surface area contributed by atoms with Gasteiger partial charge in [0.05, 0.1) is 25.3 Å². The van der Waals surface area contributed by atoms with Crippen LogP contribution in [-0.4, -0.2) is 93.1 Å². The van der Waals surface area contributed by atoms with Gasteiger partial charge >= 0.3 is 0 Å². The lowest BCUT2D eigenvalue weighted by atomic mass is 9.88. The Hall–Kier alpha value is -4.74. The van der Waals surface area contributed by atoms with Crippen LogP contribution >= 0.6 is 0 Å². The van der Waals surface area contributed by atoms with Gasteiger partial charge in [-0.25, -0.2) is 0 Å². The van der Waals surface area contributed by atoms with Crippen LogP contribution in [0.15, 0.2) is 36.4 Å². The Morgan fingerprint density at radius 1 is 0.554 bits per heavy atom. The third-order valence-electron chi connectivity index (χ3n) is 9.89. The Morgan fingerprint density at radius 3 is 1.18 bits per heavy atom. The Balaban J connectivity index is 1.68. The first-order valence-electron chi connectivity index (χ1n) is 19.6. The van der Waals surface area contributed by atoms with Crippen molar-refractivity contribution >= 4 is 45.2 Å². The Kier molecular flexibility index (Phi) is 13.2. The minimum atomic E-state index is -0.671. The quantitative estimate of drug-likeness (QED) is 0.111. The van der Waals surface area contributed by atoms with Crippen molar-refractivity contribution in [1.29, 1.82) is 0 Å². The second-order valence-electron chi connectivity index (χ2n) is 19.3. The number of methoxy groups -OCH3 is 2. The number of Topliss-reactive ketones (excluding diaryl/α,β-unsaturated/α-hetero) is 2. The van der Waals surface area contributed by atoms with Gasteiger partial charge in [0, 0.05) is 59.9 Å². The summed E-state index contributed by atoms with van der Waals surface area (Å²) in [7, 11) is 3.15. The van der Waals surface area contributed by atoms with E-state index in [9.17, 15) is 19.2 Å². The number of hydrogen-bond donors (Lipinski definition) is 0. The predicted octanol–water partition coefficient (Wildman–Crippen LogP) is 8.09. The predicted molar refractivity (Wildman–Crippen MR) is 221 cm³/mol. The molecule has 0 aliphatic heterocycles. The lowest BCUT2D eigenvalue weighted by molar-refractivity contribution is -0.136. The number of nitrogens with zero attached hydrogens (tertiary/aromatic N) is 6. The fourth-order valence-corrected chi connectivity index (χ4v) is 6.21. The van der Waals surface area contributed by atoms with Crippen molar-refractivity contribution in [2.75, 3.05) is 40.4 Å². The number of fused-ring (bicyclic) bond motifs is 2. The van der Waals surface area contributed by atoms with Gasteiger partial charge in [-0.15, -0.1) is 0 Å². The molecule has 0 unspecified atom stereocenters. The van der Waals surface area contributed by atoms with Crippen molar-refractivity contribution in [3.8, 4) is 11.5 Å². The molecule has 12 nitrogen and oxygen atoms in total. The average Bonchev–Trinajstić information content (AvgIpc) is 3.63. The zero-order chi connectivity index (χ0) is 42.0. The van der Waals surface area contributed by atoms with E-state index in [0.29, 0.717) is 70.9 Å². The summed E-state index contributed by atoms with van der Waals surface area (Å²) in [6.07, 6.45) is 1.48. The molecule has 0 radical (unpaired) electrons. The molecular formula is C44H64N6O6. The van der Waals surface area contributed by atoms with Gasteiger partial charge < -0.3 is 19.3 Å². The van der Waals surface area contributed by atoms with Gasteiger partial charge in [-0.3, -0.25) is 28.5 Å². The molecule has 0 N–H and O–H groups in total. The maximum atomic E-state index is 14.3. The van der Waals surface area contributed by atoms with E-state index in [0.717, 1.165) is 12.8 Å².